The van der Waals surface area contributed by atoms with Crippen LogP contribution in [0.5, 0.6) is 0 Å². The minimum atomic E-state index is -0.253. The van der Waals surface area contributed by atoms with E-state index in [1.165, 1.54) is 6.07 Å². The van der Waals surface area contributed by atoms with Crippen molar-refractivity contribution in [1.82, 2.24) is 5.32 Å². The number of thioether (sulfide) groups is 1. The standard InChI is InChI=1S/C19H19FN2OS.ClH/c20-12-6-7-18-15(11-12)17(8-10-24-18)22-19(23)14-3-1-5-16-13(14)4-2-9-21-16;/h1,3,5-7,11,17,21H,2,4,8-10H2,(H,22,23);1H. The van der Waals surface area contributed by atoms with E-state index in [-0.39, 0.29) is 30.2 Å². The van der Waals surface area contributed by atoms with Crippen molar-refractivity contribution in [2.24, 2.45) is 0 Å². The first-order chi connectivity index (χ1) is 11.7. The van der Waals surface area contributed by atoms with E-state index >= 15 is 0 Å². The van der Waals surface area contributed by atoms with Gasteiger partial charge in [-0.1, -0.05) is 6.07 Å². The molecule has 3 nitrogen and oxygen atoms in total. The van der Waals surface area contributed by atoms with Crippen LogP contribution in [0.3, 0.4) is 0 Å². The minimum absolute atomic E-state index is 0. The van der Waals surface area contributed by atoms with Crippen molar-refractivity contribution >= 4 is 35.8 Å². The Kier molecular flexibility index (Phi) is 5.54. The summed E-state index contributed by atoms with van der Waals surface area (Å²) in [5.74, 6) is 0.609. The number of carbonyl (C=O) groups is 1. The average molecular weight is 379 g/mol. The van der Waals surface area contributed by atoms with Gasteiger partial charge < -0.3 is 10.6 Å². The molecule has 2 heterocycles. The number of hydrogen-bond donors (Lipinski definition) is 2. The molecule has 0 bridgehead atoms. The highest BCUT2D eigenvalue weighted by molar-refractivity contribution is 7.99. The van der Waals surface area contributed by atoms with Crippen LogP contribution >= 0.6 is 24.2 Å². The first-order valence-electron chi connectivity index (χ1n) is 8.31. The van der Waals surface area contributed by atoms with Crippen molar-refractivity contribution in [2.75, 3.05) is 17.6 Å². The van der Waals surface area contributed by atoms with Crippen LogP contribution in [-0.4, -0.2) is 18.2 Å². The molecule has 25 heavy (non-hydrogen) atoms. The lowest BCUT2D eigenvalue weighted by molar-refractivity contribution is 0.0934. The van der Waals surface area contributed by atoms with Gasteiger partial charge in [-0.15, -0.1) is 24.2 Å². The van der Waals surface area contributed by atoms with Gasteiger partial charge in [0.15, 0.2) is 0 Å². The fourth-order valence-electron chi connectivity index (χ4n) is 3.47. The number of halogens is 2. The molecule has 0 aromatic heterocycles. The lowest BCUT2D eigenvalue weighted by atomic mass is 9.96. The predicted octanol–water partition coefficient (Wildman–Crippen LogP) is 4.57. The van der Waals surface area contributed by atoms with Gasteiger partial charge in [-0.2, -0.15) is 0 Å². The number of benzene rings is 2. The van der Waals surface area contributed by atoms with Crippen LogP contribution in [0.2, 0.25) is 0 Å². The number of amides is 1. The van der Waals surface area contributed by atoms with Crippen LogP contribution in [0.25, 0.3) is 0 Å². The number of fused-ring (bicyclic) bond motifs is 2. The summed E-state index contributed by atoms with van der Waals surface area (Å²) in [5.41, 5.74) is 3.77. The van der Waals surface area contributed by atoms with Crippen LogP contribution in [0.1, 0.15) is 40.4 Å². The molecule has 2 aromatic carbocycles. The lowest BCUT2D eigenvalue weighted by Crippen LogP contribution is -2.32. The Hall–Kier alpha value is -1.72. The summed E-state index contributed by atoms with van der Waals surface area (Å²) in [7, 11) is 0. The van der Waals surface area contributed by atoms with Gasteiger partial charge in [-0.25, -0.2) is 4.39 Å². The number of rotatable bonds is 2. The van der Waals surface area contributed by atoms with E-state index in [0.29, 0.717) is 0 Å². The maximum atomic E-state index is 13.6. The molecule has 2 aliphatic rings. The summed E-state index contributed by atoms with van der Waals surface area (Å²) in [4.78, 5) is 13.9. The molecule has 1 unspecified atom stereocenters. The number of hydrogen-bond acceptors (Lipinski definition) is 3. The maximum absolute atomic E-state index is 13.6. The number of carbonyl (C=O) groups excluding carboxylic acids is 1. The number of anilines is 1. The van der Waals surface area contributed by atoms with Crippen LogP contribution in [-0.2, 0) is 6.42 Å². The molecule has 132 valence electrons. The third kappa shape index (κ3) is 3.62. The summed E-state index contributed by atoms with van der Waals surface area (Å²) in [6, 6.07) is 10.5. The van der Waals surface area contributed by atoms with E-state index in [1.54, 1.807) is 17.8 Å². The Balaban J connectivity index is 0.00000182. The molecule has 0 aliphatic carbocycles. The first-order valence-corrected chi connectivity index (χ1v) is 9.30. The molecule has 0 fully saturated rings. The maximum Gasteiger partial charge on any atom is 0.252 e. The fraction of sp³-hybridized carbons (Fsp3) is 0.316. The second-order valence-corrected chi connectivity index (χ2v) is 7.34. The zero-order chi connectivity index (χ0) is 16.5. The van der Waals surface area contributed by atoms with E-state index in [1.807, 2.05) is 24.3 Å². The van der Waals surface area contributed by atoms with Gasteiger partial charge in [-0.3, -0.25) is 4.79 Å². The molecule has 4 rings (SSSR count). The second kappa shape index (κ2) is 7.67. The van der Waals surface area contributed by atoms with Crippen LogP contribution in [0, 0.1) is 5.82 Å². The highest BCUT2D eigenvalue weighted by Crippen LogP contribution is 2.37. The van der Waals surface area contributed by atoms with Crippen molar-refractivity contribution < 1.29 is 9.18 Å². The lowest BCUT2D eigenvalue weighted by Gasteiger charge is -2.27. The Labute approximate surface area is 157 Å². The molecule has 0 radical (unpaired) electrons. The largest absolute Gasteiger partial charge is 0.385 e. The van der Waals surface area contributed by atoms with E-state index < -0.39 is 0 Å². The average Bonchev–Trinajstić information content (AvgIpc) is 2.61. The summed E-state index contributed by atoms with van der Waals surface area (Å²) in [6.45, 7) is 0.949. The van der Waals surface area contributed by atoms with Crippen LogP contribution in [0.4, 0.5) is 10.1 Å². The predicted molar refractivity (Wildman–Crippen MR) is 102 cm³/mol. The molecule has 1 amide bonds. The Bertz CT molecular complexity index is 799. The molecule has 0 spiro atoms. The molecule has 0 saturated heterocycles. The highest BCUT2D eigenvalue weighted by Gasteiger charge is 2.25. The third-order valence-corrected chi connectivity index (χ3v) is 5.78. The smallest absolute Gasteiger partial charge is 0.252 e. The quantitative estimate of drug-likeness (QED) is 0.804. The van der Waals surface area contributed by atoms with Crippen molar-refractivity contribution in [1.29, 1.82) is 0 Å². The van der Waals surface area contributed by atoms with Gasteiger partial charge in [0, 0.05) is 28.4 Å². The van der Waals surface area contributed by atoms with E-state index in [0.717, 1.165) is 58.8 Å². The molecule has 2 aromatic rings. The Morgan fingerprint density at radius 1 is 1.28 bits per heavy atom. The topological polar surface area (TPSA) is 41.1 Å². The van der Waals surface area contributed by atoms with Gasteiger partial charge in [0.2, 0.25) is 0 Å². The van der Waals surface area contributed by atoms with Gasteiger partial charge >= 0.3 is 0 Å². The molecule has 2 N–H and O–H groups in total. The fourth-order valence-corrected chi connectivity index (χ4v) is 4.58. The van der Waals surface area contributed by atoms with Crippen molar-refractivity contribution in [3.63, 3.8) is 0 Å². The summed E-state index contributed by atoms with van der Waals surface area (Å²) in [6.07, 6.45) is 2.77. The SMILES string of the molecule is Cl.O=C(NC1CCSc2ccc(F)cc21)c1cccc2c1CCCN2. The van der Waals surface area contributed by atoms with Gasteiger partial charge in [0.05, 0.1) is 6.04 Å². The monoisotopic (exact) mass is 378 g/mol. The Morgan fingerprint density at radius 3 is 3.04 bits per heavy atom. The molecular weight excluding hydrogens is 359 g/mol. The van der Waals surface area contributed by atoms with E-state index in [9.17, 15) is 9.18 Å². The van der Waals surface area contributed by atoms with Crippen LogP contribution < -0.4 is 10.6 Å². The zero-order valence-electron chi connectivity index (χ0n) is 13.7. The van der Waals surface area contributed by atoms with Crippen LogP contribution in [0.15, 0.2) is 41.3 Å². The van der Waals surface area contributed by atoms with E-state index in [4.69, 9.17) is 0 Å². The van der Waals surface area contributed by atoms with Crippen molar-refractivity contribution in [3.05, 3.63) is 58.9 Å². The molecule has 1 atom stereocenters. The van der Waals surface area contributed by atoms with E-state index in [2.05, 4.69) is 10.6 Å². The summed E-state index contributed by atoms with van der Waals surface area (Å²) in [5, 5.41) is 6.47. The second-order valence-electron chi connectivity index (χ2n) is 6.21. The van der Waals surface area contributed by atoms with Crippen molar-refractivity contribution in [3.8, 4) is 0 Å². The van der Waals surface area contributed by atoms with Crippen molar-refractivity contribution in [2.45, 2.75) is 30.2 Å². The highest BCUT2D eigenvalue weighted by atomic mass is 35.5. The molecule has 2 aliphatic heterocycles. The molecule has 0 saturated carbocycles. The summed E-state index contributed by atoms with van der Waals surface area (Å²) < 4.78 is 13.6. The normalized spacial score (nSPS) is 18.2. The van der Waals surface area contributed by atoms with Gasteiger partial charge in [0.25, 0.3) is 5.91 Å². The van der Waals surface area contributed by atoms with Gasteiger partial charge in [0.1, 0.15) is 5.82 Å². The number of nitrogens with one attached hydrogen (secondary N) is 2. The summed E-state index contributed by atoms with van der Waals surface area (Å²) >= 11 is 1.72. The van der Waals surface area contributed by atoms with Gasteiger partial charge in [-0.05, 0) is 60.7 Å². The third-order valence-electron chi connectivity index (χ3n) is 4.66. The molecular formula is C19H20ClFN2OS. The minimum Gasteiger partial charge on any atom is -0.385 e. The Morgan fingerprint density at radius 2 is 2.16 bits per heavy atom. The zero-order valence-corrected chi connectivity index (χ0v) is 15.3. The molecule has 6 heteroatoms. The first kappa shape index (κ1) is 18.1.